The smallest absolute Gasteiger partial charge is 0.410 e. The molecule has 2 aliphatic rings. The predicted octanol–water partition coefficient (Wildman–Crippen LogP) is 3.49. The zero-order valence-corrected chi connectivity index (χ0v) is 15.3. The molecule has 0 aromatic heterocycles. The Morgan fingerprint density at radius 2 is 2.00 bits per heavy atom. The van der Waals surface area contributed by atoms with Crippen molar-refractivity contribution in [2.45, 2.75) is 51.7 Å². The first-order valence-corrected chi connectivity index (χ1v) is 8.92. The van der Waals surface area contributed by atoms with Gasteiger partial charge in [0.25, 0.3) is 0 Å². The normalized spacial score (nSPS) is 18.1. The zero-order valence-electron chi connectivity index (χ0n) is 15.3. The predicted molar refractivity (Wildman–Crippen MR) is 97.9 cm³/mol. The molecule has 3 rings (SSSR count). The Kier molecular flexibility index (Phi) is 4.61. The maximum Gasteiger partial charge on any atom is 0.410 e. The number of fused-ring (bicyclic) bond motifs is 1. The van der Waals surface area contributed by atoms with Crippen LogP contribution in [-0.2, 0) is 11.2 Å². The monoisotopic (exact) mass is 331 g/mol. The molecule has 1 aromatic carbocycles. The molecule has 1 N–H and O–H groups in total. The van der Waals surface area contributed by atoms with Crippen LogP contribution in [0.4, 0.5) is 16.2 Å². The van der Waals surface area contributed by atoms with Crippen LogP contribution < -0.4 is 10.2 Å². The molecule has 1 amide bonds. The number of nitrogens with zero attached hydrogens (tertiary/aromatic N) is 2. The molecule has 1 saturated heterocycles. The standard InChI is InChI=1S/C19H29N3O2/c1-19(2,3)24-18(23)21(4)14-9-12-22(13-10-14)17-7-5-6-16-15(17)8-11-20-16/h5-7,14,20H,8-13H2,1-4H3. The van der Waals surface area contributed by atoms with Gasteiger partial charge in [-0.3, -0.25) is 0 Å². The van der Waals surface area contributed by atoms with Crippen LogP contribution in [-0.4, -0.2) is 49.3 Å². The van der Waals surface area contributed by atoms with E-state index in [2.05, 4.69) is 28.4 Å². The summed E-state index contributed by atoms with van der Waals surface area (Å²) < 4.78 is 5.49. The summed E-state index contributed by atoms with van der Waals surface area (Å²) in [6.45, 7) is 8.72. The lowest BCUT2D eigenvalue weighted by atomic mass is 10.0. The number of hydrogen-bond donors (Lipinski definition) is 1. The number of hydrogen-bond acceptors (Lipinski definition) is 4. The highest BCUT2D eigenvalue weighted by Crippen LogP contribution is 2.33. The molecule has 2 heterocycles. The maximum atomic E-state index is 12.2. The van der Waals surface area contributed by atoms with Crippen molar-refractivity contribution >= 4 is 17.5 Å². The van der Waals surface area contributed by atoms with Gasteiger partial charge in [-0.15, -0.1) is 0 Å². The van der Waals surface area contributed by atoms with Gasteiger partial charge in [-0.2, -0.15) is 0 Å². The Hall–Kier alpha value is -1.91. The van der Waals surface area contributed by atoms with Crippen molar-refractivity contribution in [1.82, 2.24) is 4.90 Å². The quantitative estimate of drug-likeness (QED) is 0.901. The van der Waals surface area contributed by atoms with Gasteiger partial charge in [0.1, 0.15) is 5.60 Å². The topological polar surface area (TPSA) is 44.8 Å². The van der Waals surface area contributed by atoms with Gasteiger partial charge in [-0.05, 0) is 52.2 Å². The lowest BCUT2D eigenvalue weighted by Gasteiger charge is -2.38. The van der Waals surface area contributed by atoms with Crippen LogP contribution >= 0.6 is 0 Å². The molecule has 2 aliphatic heterocycles. The fourth-order valence-corrected chi connectivity index (χ4v) is 3.60. The van der Waals surface area contributed by atoms with Crippen molar-refractivity contribution in [3.05, 3.63) is 23.8 Å². The van der Waals surface area contributed by atoms with Crippen LogP contribution in [0.25, 0.3) is 0 Å². The first-order valence-electron chi connectivity index (χ1n) is 8.92. The average Bonchev–Trinajstić information content (AvgIpc) is 3.01. The summed E-state index contributed by atoms with van der Waals surface area (Å²) in [6, 6.07) is 6.77. The van der Waals surface area contributed by atoms with Crippen LogP contribution in [0.3, 0.4) is 0 Å². The van der Waals surface area contributed by atoms with E-state index in [-0.39, 0.29) is 12.1 Å². The minimum Gasteiger partial charge on any atom is -0.444 e. The van der Waals surface area contributed by atoms with Crippen LogP contribution in [0.15, 0.2) is 18.2 Å². The Bertz CT molecular complexity index is 601. The number of ether oxygens (including phenoxy) is 1. The first-order chi connectivity index (χ1) is 11.3. The molecule has 0 saturated carbocycles. The SMILES string of the molecule is CN(C(=O)OC(C)(C)C)C1CCN(c2cccc3c2CCN3)CC1. The number of benzene rings is 1. The Morgan fingerprint density at radius 3 is 2.67 bits per heavy atom. The third kappa shape index (κ3) is 3.60. The largest absolute Gasteiger partial charge is 0.444 e. The molecule has 1 aromatic rings. The summed E-state index contributed by atoms with van der Waals surface area (Å²) in [5.74, 6) is 0. The molecule has 0 radical (unpaired) electrons. The lowest BCUT2D eigenvalue weighted by Crippen LogP contribution is -2.47. The second-order valence-electron chi connectivity index (χ2n) is 7.79. The van der Waals surface area contributed by atoms with Crippen molar-refractivity contribution in [2.75, 3.05) is 36.9 Å². The Morgan fingerprint density at radius 1 is 1.29 bits per heavy atom. The molecular formula is C19H29N3O2. The van der Waals surface area contributed by atoms with Gasteiger partial charge < -0.3 is 19.9 Å². The van der Waals surface area contributed by atoms with Crippen LogP contribution in [0.2, 0.25) is 0 Å². The minimum atomic E-state index is -0.441. The van der Waals surface area contributed by atoms with E-state index in [9.17, 15) is 4.79 Å². The van der Waals surface area contributed by atoms with Gasteiger partial charge in [-0.25, -0.2) is 4.79 Å². The van der Waals surface area contributed by atoms with Gasteiger partial charge in [0, 0.05) is 49.7 Å². The van der Waals surface area contributed by atoms with E-state index >= 15 is 0 Å². The van der Waals surface area contributed by atoms with E-state index < -0.39 is 5.60 Å². The summed E-state index contributed by atoms with van der Waals surface area (Å²) in [5.41, 5.74) is 3.64. The first kappa shape index (κ1) is 16.9. The summed E-state index contributed by atoms with van der Waals surface area (Å²) in [6.07, 6.45) is 2.84. The third-order valence-corrected chi connectivity index (χ3v) is 4.88. The van der Waals surface area contributed by atoms with Crippen LogP contribution in [0.5, 0.6) is 0 Å². The number of nitrogens with one attached hydrogen (secondary N) is 1. The zero-order chi connectivity index (χ0) is 17.3. The van der Waals surface area contributed by atoms with Crippen LogP contribution in [0.1, 0.15) is 39.2 Å². The van der Waals surface area contributed by atoms with Crippen molar-refractivity contribution in [3.63, 3.8) is 0 Å². The van der Waals surface area contributed by atoms with Crippen molar-refractivity contribution in [2.24, 2.45) is 0 Å². The number of carbonyl (C=O) groups excluding carboxylic acids is 1. The van der Waals surface area contributed by atoms with E-state index in [4.69, 9.17) is 4.74 Å². The molecular weight excluding hydrogens is 302 g/mol. The van der Waals surface area contributed by atoms with E-state index in [1.807, 2.05) is 27.8 Å². The second kappa shape index (κ2) is 6.54. The summed E-state index contributed by atoms with van der Waals surface area (Å²) >= 11 is 0. The fourth-order valence-electron chi connectivity index (χ4n) is 3.60. The second-order valence-corrected chi connectivity index (χ2v) is 7.79. The summed E-state index contributed by atoms with van der Waals surface area (Å²) in [7, 11) is 1.86. The highest BCUT2D eigenvalue weighted by atomic mass is 16.6. The van der Waals surface area contributed by atoms with Crippen LogP contribution in [0, 0.1) is 0 Å². The van der Waals surface area contributed by atoms with E-state index in [0.717, 1.165) is 38.9 Å². The maximum absolute atomic E-state index is 12.2. The minimum absolute atomic E-state index is 0.217. The molecule has 0 spiro atoms. The Labute approximate surface area is 145 Å². The summed E-state index contributed by atoms with van der Waals surface area (Å²) in [4.78, 5) is 16.5. The molecule has 0 aliphatic carbocycles. The van der Waals surface area contributed by atoms with Crippen molar-refractivity contribution in [3.8, 4) is 0 Å². The number of anilines is 2. The fraction of sp³-hybridized carbons (Fsp3) is 0.632. The molecule has 5 heteroatoms. The van der Waals surface area contributed by atoms with Gasteiger partial charge >= 0.3 is 6.09 Å². The van der Waals surface area contributed by atoms with Crippen molar-refractivity contribution < 1.29 is 9.53 Å². The average molecular weight is 331 g/mol. The number of amides is 1. The van der Waals surface area contributed by atoms with E-state index in [0.29, 0.717) is 0 Å². The summed E-state index contributed by atoms with van der Waals surface area (Å²) in [5, 5.41) is 3.45. The van der Waals surface area contributed by atoms with Gasteiger partial charge in [0.15, 0.2) is 0 Å². The molecule has 24 heavy (non-hydrogen) atoms. The molecule has 0 unspecified atom stereocenters. The third-order valence-electron chi connectivity index (χ3n) is 4.88. The van der Waals surface area contributed by atoms with Gasteiger partial charge in [0.2, 0.25) is 0 Å². The van der Waals surface area contributed by atoms with Gasteiger partial charge in [-0.1, -0.05) is 6.07 Å². The van der Waals surface area contributed by atoms with E-state index in [1.54, 1.807) is 4.90 Å². The molecule has 0 atom stereocenters. The highest BCUT2D eigenvalue weighted by molar-refractivity contribution is 5.70. The van der Waals surface area contributed by atoms with Gasteiger partial charge in [0.05, 0.1) is 0 Å². The Balaban J connectivity index is 1.60. The molecule has 0 bridgehead atoms. The van der Waals surface area contributed by atoms with E-state index in [1.165, 1.54) is 16.9 Å². The number of carbonyl (C=O) groups is 1. The van der Waals surface area contributed by atoms with Crippen molar-refractivity contribution in [1.29, 1.82) is 0 Å². The molecule has 1 fully saturated rings. The molecule has 5 nitrogen and oxygen atoms in total. The number of piperidine rings is 1. The lowest BCUT2D eigenvalue weighted by molar-refractivity contribution is 0.0201. The number of rotatable bonds is 2. The molecule has 132 valence electrons. The highest BCUT2D eigenvalue weighted by Gasteiger charge is 2.29.